The maximum Gasteiger partial charge on any atom is 0.182 e. The highest BCUT2D eigenvalue weighted by atomic mass is 16.1. The summed E-state index contributed by atoms with van der Waals surface area (Å²) in [5.74, 6) is -0.251. The average Bonchev–Trinajstić information content (AvgIpc) is 2.29. The fraction of sp³-hybridized carbons (Fsp3) is 0.500. The van der Waals surface area contributed by atoms with Gasteiger partial charge in [-0.1, -0.05) is 0 Å². The van der Waals surface area contributed by atoms with Gasteiger partial charge in [0, 0.05) is 12.8 Å². The van der Waals surface area contributed by atoms with Gasteiger partial charge in [-0.3, -0.25) is 4.79 Å². The summed E-state index contributed by atoms with van der Waals surface area (Å²) in [7, 11) is 0. The Morgan fingerprint density at radius 2 is 1.40 bits per heavy atom. The number of ketones is 1. The van der Waals surface area contributed by atoms with Crippen molar-refractivity contribution in [1.29, 1.82) is 21.0 Å². The van der Waals surface area contributed by atoms with Crippen molar-refractivity contribution in [3.63, 3.8) is 0 Å². The molecule has 1 aliphatic carbocycles. The maximum absolute atomic E-state index is 11.2. The van der Waals surface area contributed by atoms with Crippen LogP contribution in [0.25, 0.3) is 0 Å². The summed E-state index contributed by atoms with van der Waals surface area (Å²) in [6.45, 7) is 0. The van der Waals surface area contributed by atoms with E-state index >= 15 is 0 Å². The van der Waals surface area contributed by atoms with Crippen LogP contribution >= 0.6 is 0 Å². The molecule has 0 atom stereocenters. The Hall–Kier alpha value is -2.37. The second-order valence-electron chi connectivity index (χ2n) is 3.47. The van der Waals surface area contributed by atoms with Crippen LogP contribution in [-0.2, 0) is 4.79 Å². The summed E-state index contributed by atoms with van der Waals surface area (Å²) in [5, 5.41) is 35.7. The molecule has 15 heavy (non-hydrogen) atoms. The molecule has 0 aliphatic heterocycles. The standard InChI is InChI=1S/C10H6N4O/c11-4-9(5-12)2-1-8(15)3-10(9,6-13)7-14/h1-3H2. The minimum Gasteiger partial charge on any atom is -0.300 e. The molecule has 0 spiro atoms. The molecule has 0 unspecified atom stereocenters. The molecule has 72 valence electrons. The van der Waals surface area contributed by atoms with E-state index in [0.29, 0.717) is 0 Å². The molecule has 0 saturated heterocycles. The number of nitrogens with zero attached hydrogens (tertiary/aromatic N) is 4. The number of Topliss-reactive ketones (excluding diaryl/α,β-unsaturated/α-hetero) is 1. The number of rotatable bonds is 0. The largest absolute Gasteiger partial charge is 0.300 e. The summed E-state index contributed by atoms with van der Waals surface area (Å²) >= 11 is 0. The molecule has 1 aliphatic rings. The fourth-order valence-electron chi connectivity index (χ4n) is 1.70. The lowest BCUT2D eigenvalue weighted by Gasteiger charge is -2.34. The molecule has 5 nitrogen and oxygen atoms in total. The van der Waals surface area contributed by atoms with Gasteiger partial charge >= 0.3 is 0 Å². The number of nitriles is 4. The van der Waals surface area contributed by atoms with Gasteiger partial charge in [0.1, 0.15) is 5.78 Å². The predicted octanol–water partition coefficient (Wildman–Crippen LogP) is 0.807. The summed E-state index contributed by atoms with van der Waals surface area (Å²) in [4.78, 5) is 11.2. The molecule has 0 bridgehead atoms. The molecular weight excluding hydrogens is 192 g/mol. The fourth-order valence-corrected chi connectivity index (χ4v) is 1.70. The van der Waals surface area contributed by atoms with Crippen molar-refractivity contribution >= 4 is 5.78 Å². The normalized spacial score (nSPS) is 21.5. The zero-order valence-electron chi connectivity index (χ0n) is 7.82. The highest BCUT2D eigenvalue weighted by Crippen LogP contribution is 2.48. The van der Waals surface area contributed by atoms with Gasteiger partial charge in [0.15, 0.2) is 10.8 Å². The summed E-state index contributed by atoms with van der Waals surface area (Å²) in [6, 6.07) is 6.77. The molecule has 0 aromatic carbocycles. The highest BCUT2D eigenvalue weighted by molar-refractivity contribution is 5.82. The Morgan fingerprint density at radius 1 is 0.933 bits per heavy atom. The third kappa shape index (κ3) is 1.23. The van der Waals surface area contributed by atoms with Crippen LogP contribution < -0.4 is 0 Å². The van der Waals surface area contributed by atoms with E-state index in [4.69, 9.17) is 21.0 Å². The van der Waals surface area contributed by atoms with Crippen LogP contribution in [0.2, 0.25) is 0 Å². The van der Waals surface area contributed by atoms with Crippen molar-refractivity contribution in [3.8, 4) is 24.3 Å². The molecule has 0 N–H and O–H groups in total. The second kappa shape index (κ2) is 3.41. The van der Waals surface area contributed by atoms with Gasteiger partial charge in [-0.05, 0) is 6.42 Å². The minimum atomic E-state index is -1.81. The molecule has 0 aromatic heterocycles. The van der Waals surface area contributed by atoms with Gasteiger partial charge in [0.25, 0.3) is 0 Å². The van der Waals surface area contributed by atoms with E-state index in [0.717, 1.165) is 0 Å². The third-order valence-corrected chi connectivity index (χ3v) is 2.73. The molecule has 1 fully saturated rings. The summed E-state index contributed by atoms with van der Waals surface area (Å²) in [5.41, 5.74) is -3.49. The Kier molecular flexibility index (Phi) is 2.43. The molecule has 0 heterocycles. The quantitative estimate of drug-likeness (QED) is 0.571. The van der Waals surface area contributed by atoms with Crippen molar-refractivity contribution in [2.75, 3.05) is 0 Å². The zero-order chi connectivity index (χ0) is 11.5. The van der Waals surface area contributed by atoms with Gasteiger partial charge in [-0.25, -0.2) is 0 Å². The van der Waals surface area contributed by atoms with Crippen LogP contribution in [0.4, 0.5) is 0 Å². The van der Waals surface area contributed by atoms with Crippen LogP contribution in [0, 0.1) is 56.2 Å². The average molecular weight is 198 g/mol. The Morgan fingerprint density at radius 3 is 1.80 bits per heavy atom. The molecule has 0 radical (unpaired) electrons. The van der Waals surface area contributed by atoms with Crippen molar-refractivity contribution in [2.24, 2.45) is 10.8 Å². The first-order valence-corrected chi connectivity index (χ1v) is 4.26. The lowest BCUT2D eigenvalue weighted by molar-refractivity contribution is -0.123. The van der Waals surface area contributed by atoms with Crippen molar-refractivity contribution in [2.45, 2.75) is 19.3 Å². The van der Waals surface area contributed by atoms with Crippen LogP contribution in [0.1, 0.15) is 19.3 Å². The topological polar surface area (TPSA) is 112 Å². The van der Waals surface area contributed by atoms with E-state index in [-0.39, 0.29) is 25.0 Å². The van der Waals surface area contributed by atoms with E-state index in [1.54, 1.807) is 24.3 Å². The van der Waals surface area contributed by atoms with Gasteiger partial charge in [0.2, 0.25) is 0 Å². The highest BCUT2D eigenvalue weighted by Gasteiger charge is 2.58. The predicted molar refractivity (Wildman–Crippen MR) is 46.2 cm³/mol. The first-order valence-electron chi connectivity index (χ1n) is 4.26. The van der Waals surface area contributed by atoms with Crippen LogP contribution in [0.3, 0.4) is 0 Å². The third-order valence-electron chi connectivity index (χ3n) is 2.73. The minimum absolute atomic E-state index is 0.0417. The number of hydrogen-bond donors (Lipinski definition) is 0. The van der Waals surface area contributed by atoms with E-state index in [1.807, 2.05) is 0 Å². The number of carbonyl (C=O) groups is 1. The second-order valence-corrected chi connectivity index (χ2v) is 3.47. The number of hydrogen-bond acceptors (Lipinski definition) is 5. The molecule has 0 aromatic rings. The van der Waals surface area contributed by atoms with Crippen LogP contribution in [0.5, 0.6) is 0 Å². The summed E-state index contributed by atoms with van der Waals surface area (Å²) < 4.78 is 0. The molecule has 1 saturated carbocycles. The Bertz CT molecular complexity index is 438. The molecule has 1 rings (SSSR count). The van der Waals surface area contributed by atoms with Gasteiger partial charge < -0.3 is 0 Å². The Balaban J connectivity index is 3.38. The smallest absolute Gasteiger partial charge is 0.182 e. The molecule has 0 amide bonds. The summed E-state index contributed by atoms with van der Waals surface area (Å²) in [6.07, 6.45) is -0.298. The Labute approximate surface area is 86.7 Å². The first kappa shape index (κ1) is 10.7. The lowest BCUT2D eigenvalue weighted by Crippen LogP contribution is -2.43. The van der Waals surface area contributed by atoms with Gasteiger partial charge in [-0.15, -0.1) is 0 Å². The van der Waals surface area contributed by atoms with Crippen LogP contribution in [0.15, 0.2) is 0 Å². The molecule has 5 heteroatoms. The van der Waals surface area contributed by atoms with Crippen molar-refractivity contribution in [3.05, 3.63) is 0 Å². The van der Waals surface area contributed by atoms with Crippen molar-refractivity contribution in [1.82, 2.24) is 0 Å². The zero-order valence-corrected chi connectivity index (χ0v) is 7.82. The van der Waals surface area contributed by atoms with Gasteiger partial charge in [0.05, 0.1) is 24.3 Å². The van der Waals surface area contributed by atoms with Gasteiger partial charge in [-0.2, -0.15) is 21.0 Å². The van der Waals surface area contributed by atoms with Crippen LogP contribution in [-0.4, -0.2) is 5.78 Å². The molecular formula is C10H6N4O. The van der Waals surface area contributed by atoms with Crippen molar-refractivity contribution < 1.29 is 4.79 Å². The van der Waals surface area contributed by atoms with E-state index < -0.39 is 10.8 Å². The SMILES string of the molecule is N#CC1(C#N)CCC(=O)CC1(C#N)C#N. The lowest BCUT2D eigenvalue weighted by atomic mass is 9.58. The maximum atomic E-state index is 11.2. The first-order chi connectivity index (χ1) is 7.09. The monoisotopic (exact) mass is 198 g/mol. The van der Waals surface area contributed by atoms with E-state index in [2.05, 4.69) is 0 Å². The number of carbonyl (C=O) groups excluding carboxylic acids is 1. The van der Waals surface area contributed by atoms with E-state index in [1.165, 1.54) is 0 Å². The van der Waals surface area contributed by atoms with E-state index in [9.17, 15) is 4.79 Å².